The maximum absolute atomic E-state index is 12.6. The van der Waals surface area contributed by atoms with Crippen molar-refractivity contribution < 1.29 is 9.32 Å². The highest BCUT2D eigenvalue weighted by Crippen LogP contribution is 2.24. The van der Waals surface area contributed by atoms with Gasteiger partial charge in [0.25, 0.3) is 5.91 Å². The van der Waals surface area contributed by atoms with Crippen molar-refractivity contribution in [3.8, 4) is 11.4 Å². The molecule has 144 valence electrons. The van der Waals surface area contributed by atoms with Crippen molar-refractivity contribution in [3.63, 3.8) is 0 Å². The Morgan fingerprint density at radius 1 is 1.07 bits per heavy atom. The number of nitrogens with one attached hydrogen (secondary N) is 1. The van der Waals surface area contributed by atoms with Gasteiger partial charge in [-0.1, -0.05) is 46.6 Å². The lowest BCUT2D eigenvalue weighted by Gasteiger charge is -2.11. The van der Waals surface area contributed by atoms with Crippen molar-refractivity contribution in [2.45, 2.75) is 6.42 Å². The molecule has 1 N–H and O–H groups in total. The van der Waals surface area contributed by atoms with E-state index in [0.717, 1.165) is 11.1 Å². The average molecular weight is 425 g/mol. The smallest absolute Gasteiger partial charge is 0.257 e. The maximum Gasteiger partial charge on any atom is 0.257 e. The van der Waals surface area contributed by atoms with E-state index in [9.17, 15) is 4.79 Å². The Bertz CT molecular complexity index is 1160. The third-order valence-corrected chi connectivity index (χ3v) is 4.72. The summed E-state index contributed by atoms with van der Waals surface area (Å²) in [7, 11) is 0. The Balaban J connectivity index is 1.54. The van der Waals surface area contributed by atoms with Crippen LogP contribution in [0, 0.1) is 0 Å². The molecule has 0 fully saturated rings. The van der Waals surface area contributed by atoms with Gasteiger partial charge in [0, 0.05) is 28.7 Å². The zero-order chi connectivity index (χ0) is 20.2. The summed E-state index contributed by atoms with van der Waals surface area (Å²) in [5, 5.41) is 7.63. The molecule has 0 bridgehead atoms. The summed E-state index contributed by atoms with van der Waals surface area (Å²) in [6, 6.07) is 15.8. The molecule has 0 aliphatic heterocycles. The number of pyridine rings is 1. The van der Waals surface area contributed by atoms with Crippen molar-refractivity contribution in [1.29, 1.82) is 0 Å². The number of hydrogen-bond acceptors (Lipinski definition) is 5. The monoisotopic (exact) mass is 424 g/mol. The molecule has 4 rings (SSSR count). The van der Waals surface area contributed by atoms with Crippen LogP contribution in [0.15, 0.2) is 71.5 Å². The van der Waals surface area contributed by atoms with Gasteiger partial charge in [-0.2, -0.15) is 4.98 Å². The molecule has 0 unspecified atom stereocenters. The molecule has 8 heteroatoms. The number of anilines is 1. The van der Waals surface area contributed by atoms with Crippen LogP contribution in [0.4, 0.5) is 5.69 Å². The van der Waals surface area contributed by atoms with Gasteiger partial charge in [0.15, 0.2) is 0 Å². The van der Waals surface area contributed by atoms with E-state index in [1.54, 1.807) is 36.7 Å². The van der Waals surface area contributed by atoms with Crippen LogP contribution in [0.25, 0.3) is 11.4 Å². The van der Waals surface area contributed by atoms with Gasteiger partial charge in [-0.15, -0.1) is 0 Å². The minimum absolute atomic E-state index is 0.283. The van der Waals surface area contributed by atoms with Gasteiger partial charge in [-0.3, -0.25) is 9.78 Å². The van der Waals surface area contributed by atoms with Crippen LogP contribution in [0.5, 0.6) is 0 Å². The fraction of sp³-hybridized carbons (Fsp3) is 0.0476. The zero-order valence-corrected chi connectivity index (χ0v) is 16.5. The van der Waals surface area contributed by atoms with E-state index in [-0.39, 0.29) is 10.9 Å². The molecular formula is C21H14Cl2N4O2. The molecule has 4 aromatic rings. The van der Waals surface area contributed by atoms with E-state index in [1.807, 2.05) is 24.3 Å². The molecule has 29 heavy (non-hydrogen) atoms. The number of hydrogen-bond donors (Lipinski definition) is 1. The van der Waals surface area contributed by atoms with Gasteiger partial charge >= 0.3 is 0 Å². The van der Waals surface area contributed by atoms with Crippen molar-refractivity contribution in [2.24, 2.45) is 0 Å². The number of rotatable bonds is 5. The van der Waals surface area contributed by atoms with Crippen molar-refractivity contribution in [1.82, 2.24) is 15.1 Å². The molecule has 0 aliphatic carbocycles. The molecule has 0 spiro atoms. The van der Waals surface area contributed by atoms with Crippen LogP contribution in [-0.2, 0) is 6.42 Å². The summed E-state index contributed by atoms with van der Waals surface area (Å²) >= 11 is 12.0. The molecule has 0 saturated carbocycles. The molecule has 2 aromatic carbocycles. The third kappa shape index (κ3) is 4.45. The van der Waals surface area contributed by atoms with Crippen LogP contribution < -0.4 is 5.32 Å². The second-order valence-corrected chi connectivity index (χ2v) is 7.01. The SMILES string of the molecule is O=C(Nc1ccccc1Cc1nc(-c2cccnc2)no1)c1ccc(Cl)cc1Cl. The minimum atomic E-state index is -0.333. The van der Waals surface area contributed by atoms with Gasteiger partial charge < -0.3 is 9.84 Å². The first-order valence-electron chi connectivity index (χ1n) is 8.67. The summed E-state index contributed by atoms with van der Waals surface area (Å²) in [5.41, 5.74) is 2.56. The topological polar surface area (TPSA) is 80.9 Å². The van der Waals surface area contributed by atoms with Gasteiger partial charge in [0.1, 0.15) is 0 Å². The number of aromatic nitrogens is 3. The van der Waals surface area contributed by atoms with Crippen LogP contribution in [0.2, 0.25) is 10.0 Å². The summed E-state index contributed by atoms with van der Waals surface area (Å²) in [6.07, 6.45) is 3.70. The first kappa shape index (κ1) is 19.1. The van der Waals surface area contributed by atoms with Crippen molar-refractivity contribution in [3.05, 3.63) is 94.1 Å². The predicted molar refractivity (Wildman–Crippen MR) is 111 cm³/mol. The standard InChI is InChI=1S/C21H14Cl2N4O2/c22-15-7-8-16(17(23)11-15)21(28)25-18-6-2-1-4-13(18)10-19-26-20(27-29-19)14-5-3-9-24-12-14/h1-9,11-12H,10H2,(H,25,28). The summed E-state index contributed by atoms with van der Waals surface area (Å²) < 4.78 is 5.36. The number of carbonyl (C=O) groups excluding carboxylic acids is 1. The summed E-state index contributed by atoms with van der Waals surface area (Å²) in [6.45, 7) is 0. The molecule has 0 saturated heterocycles. The number of nitrogens with zero attached hydrogens (tertiary/aromatic N) is 3. The van der Waals surface area contributed by atoms with Crippen LogP contribution in [0.1, 0.15) is 21.8 Å². The largest absolute Gasteiger partial charge is 0.339 e. The van der Waals surface area contributed by atoms with E-state index in [2.05, 4.69) is 20.4 Å². The normalized spacial score (nSPS) is 10.7. The van der Waals surface area contributed by atoms with E-state index in [1.165, 1.54) is 6.07 Å². The van der Waals surface area contributed by atoms with Gasteiger partial charge in [0.2, 0.25) is 11.7 Å². The van der Waals surface area contributed by atoms with Crippen LogP contribution >= 0.6 is 23.2 Å². The molecule has 2 heterocycles. The lowest BCUT2D eigenvalue weighted by atomic mass is 10.1. The van der Waals surface area contributed by atoms with E-state index in [0.29, 0.717) is 34.4 Å². The molecule has 0 aliphatic rings. The Hall–Kier alpha value is -3.22. The fourth-order valence-corrected chi connectivity index (χ4v) is 3.26. The highest BCUT2D eigenvalue weighted by molar-refractivity contribution is 6.37. The quantitative estimate of drug-likeness (QED) is 0.471. The Kier molecular flexibility index (Phi) is 5.55. The van der Waals surface area contributed by atoms with Crippen molar-refractivity contribution >= 4 is 34.8 Å². The minimum Gasteiger partial charge on any atom is -0.339 e. The Morgan fingerprint density at radius 3 is 2.72 bits per heavy atom. The summed E-state index contributed by atoms with van der Waals surface area (Å²) in [5.74, 6) is 0.554. The van der Waals surface area contributed by atoms with E-state index in [4.69, 9.17) is 27.7 Å². The fourth-order valence-electron chi connectivity index (χ4n) is 2.76. The second-order valence-electron chi connectivity index (χ2n) is 6.17. The predicted octanol–water partition coefficient (Wildman–Crippen LogP) is 5.28. The zero-order valence-electron chi connectivity index (χ0n) is 15.0. The highest BCUT2D eigenvalue weighted by Gasteiger charge is 2.15. The average Bonchev–Trinajstić information content (AvgIpc) is 3.18. The molecule has 6 nitrogen and oxygen atoms in total. The third-order valence-electron chi connectivity index (χ3n) is 4.17. The van der Waals surface area contributed by atoms with Gasteiger partial charge in [0.05, 0.1) is 17.0 Å². The second kappa shape index (κ2) is 8.43. The number of amides is 1. The Morgan fingerprint density at radius 2 is 1.93 bits per heavy atom. The highest BCUT2D eigenvalue weighted by atomic mass is 35.5. The van der Waals surface area contributed by atoms with Gasteiger partial charge in [-0.25, -0.2) is 0 Å². The number of carbonyl (C=O) groups is 1. The van der Waals surface area contributed by atoms with Crippen LogP contribution in [-0.4, -0.2) is 21.0 Å². The number of benzene rings is 2. The molecular weight excluding hydrogens is 411 g/mol. The maximum atomic E-state index is 12.6. The Labute approximate surface area is 176 Å². The van der Waals surface area contributed by atoms with Gasteiger partial charge in [-0.05, 0) is 42.0 Å². The van der Waals surface area contributed by atoms with E-state index < -0.39 is 0 Å². The lowest BCUT2D eigenvalue weighted by molar-refractivity contribution is 0.102. The molecule has 0 radical (unpaired) electrons. The number of para-hydroxylation sites is 1. The lowest BCUT2D eigenvalue weighted by Crippen LogP contribution is -2.14. The van der Waals surface area contributed by atoms with E-state index >= 15 is 0 Å². The first-order chi connectivity index (χ1) is 14.1. The van der Waals surface area contributed by atoms with Crippen molar-refractivity contribution in [2.75, 3.05) is 5.32 Å². The number of halogens is 2. The summed E-state index contributed by atoms with van der Waals surface area (Å²) in [4.78, 5) is 21.1. The molecule has 2 aromatic heterocycles. The molecule has 0 atom stereocenters. The van der Waals surface area contributed by atoms with Crippen LogP contribution in [0.3, 0.4) is 0 Å². The first-order valence-corrected chi connectivity index (χ1v) is 9.43. The molecule has 1 amide bonds.